The van der Waals surface area contributed by atoms with Gasteiger partial charge in [0.15, 0.2) is 0 Å². The number of hydrogen-bond acceptors (Lipinski definition) is 3. The van der Waals surface area contributed by atoms with Gasteiger partial charge in [0.1, 0.15) is 11.6 Å². The molecule has 1 heterocycles. The zero-order valence-corrected chi connectivity index (χ0v) is 19.0. The third-order valence-electron chi connectivity index (χ3n) is 5.84. The molecule has 0 fully saturated rings. The number of hydrogen-bond donors (Lipinski definition) is 1. The number of carbonyl (C=O) groups excluding carboxylic acids is 1. The summed E-state index contributed by atoms with van der Waals surface area (Å²) in [6, 6.07) is 13.2. The summed E-state index contributed by atoms with van der Waals surface area (Å²) in [7, 11) is 0. The molecular formula is C25H28ClN3O. The minimum atomic E-state index is -0.443. The van der Waals surface area contributed by atoms with E-state index in [1.54, 1.807) is 30.3 Å². The van der Waals surface area contributed by atoms with Gasteiger partial charge in [-0.05, 0) is 93.1 Å². The van der Waals surface area contributed by atoms with Crippen LogP contribution in [-0.4, -0.2) is 18.0 Å². The van der Waals surface area contributed by atoms with Gasteiger partial charge in [-0.2, -0.15) is 5.26 Å². The molecule has 1 N–H and O–H groups in total. The van der Waals surface area contributed by atoms with Crippen LogP contribution in [0.4, 0.5) is 11.4 Å². The Hall–Kier alpha value is -2.77. The Labute approximate surface area is 184 Å². The van der Waals surface area contributed by atoms with Crippen molar-refractivity contribution in [1.82, 2.24) is 0 Å². The normalized spacial score (nSPS) is 17.8. The Morgan fingerprint density at radius 2 is 2.10 bits per heavy atom. The van der Waals surface area contributed by atoms with Gasteiger partial charge in [0.25, 0.3) is 5.91 Å². The van der Waals surface area contributed by atoms with Crippen molar-refractivity contribution >= 4 is 35.0 Å². The van der Waals surface area contributed by atoms with Crippen LogP contribution in [0, 0.1) is 18.3 Å². The lowest BCUT2D eigenvalue weighted by atomic mass is 9.79. The van der Waals surface area contributed by atoms with Crippen LogP contribution in [0.1, 0.15) is 56.7 Å². The second kappa shape index (κ2) is 8.53. The second-order valence-corrected chi connectivity index (χ2v) is 9.00. The first-order valence-electron chi connectivity index (χ1n) is 10.3. The number of amides is 1. The summed E-state index contributed by atoms with van der Waals surface area (Å²) in [6.45, 7) is 12.0. The van der Waals surface area contributed by atoms with E-state index in [1.807, 2.05) is 13.0 Å². The van der Waals surface area contributed by atoms with Crippen LogP contribution < -0.4 is 10.2 Å². The first-order chi connectivity index (χ1) is 14.2. The number of aryl methyl sites for hydroxylation is 1. The average Bonchev–Trinajstić information content (AvgIpc) is 2.66. The Balaban J connectivity index is 1.97. The molecule has 0 saturated heterocycles. The van der Waals surface area contributed by atoms with Gasteiger partial charge < -0.3 is 10.2 Å². The lowest BCUT2D eigenvalue weighted by Gasteiger charge is -2.47. The molecule has 1 amide bonds. The van der Waals surface area contributed by atoms with Crippen LogP contribution in [-0.2, 0) is 4.79 Å². The topological polar surface area (TPSA) is 56.1 Å². The summed E-state index contributed by atoms with van der Waals surface area (Å²) in [5.74, 6) is -0.0439. The fourth-order valence-electron chi connectivity index (χ4n) is 4.47. The number of carbonyl (C=O) groups is 1. The van der Waals surface area contributed by atoms with Crippen molar-refractivity contribution in [1.29, 1.82) is 5.26 Å². The zero-order chi connectivity index (χ0) is 22.1. The van der Waals surface area contributed by atoms with Gasteiger partial charge in [-0.1, -0.05) is 24.6 Å². The van der Waals surface area contributed by atoms with Gasteiger partial charge >= 0.3 is 0 Å². The van der Waals surface area contributed by atoms with E-state index in [0.717, 1.165) is 24.1 Å². The molecule has 0 aromatic heterocycles. The van der Waals surface area contributed by atoms with Crippen molar-refractivity contribution < 1.29 is 4.79 Å². The van der Waals surface area contributed by atoms with E-state index >= 15 is 0 Å². The van der Waals surface area contributed by atoms with Crippen molar-refractivity contribution in [3.8, 4) is 6.07 Å². The minimum Gasteiger partial charge on any atom is -0.366 e. The number of nitrogens with zero attached hydrogens (tertiary/aromatic N) is 2. The first-order valence-corrected chi connectivity index (χ1v) is 10.6. The largest absolute Gasteiger partial charge is 0.366 e. The molecule has 30 heavy (non-hydrogen) atoms. The number of fused-ring (bicyclic) bond motifs is 1. The molecule has 156 valence electrons. The van der Waals surface area contributed by atoms with Gasteiger partial charge in [0.05, 0.1) is 0 Å². The molecule has 0 spiro atoms. The third-order valence-corrected chi connectivity index (χ3v) is 6.07. The van der Waals surface area contributed by atoms with E-state index in [1.165, 1.54) is 11.3 Å². The Morgan fingerprint density at radius 3 is 2.73 bits per heavy atom. The number of benzene rings is 2. The van der Waals surface area contributed by atoms with Crippen LogP contribution in [0.25, 0.3) is 6.08 Å². The predicted octanol–water partition coefficient (Wildman–Crippen LogP) is 6.31. The maximum Gasteiger partial charge on any atom is 0.266 e. The molecule has 3 rings (SSSR count). The SMILES string of the molecule is CCN1c2cc(C)c(/C=C(\C#N)C(=O)Nc3cccc(Cl)c3)cc2C(C)CC1(C)C. The molecule has 0 bridgehead atoms. The molecule has 0 saturated carbocycles. The molecule has 1 aliphatic rings. The molecule has 1 aliphatic heterocycles. The van der Waals surface area contributed by atoms with E-state index in [-0.39, 0.29) is 11.1 Å². The fourth-order valence-corrected chi connectivity index (χ4v) is 4.66. The number of halogens is 1. The van der Waals surface area contributed by atoms with Crippen LogP contribution in [0.2, 0.25) is 5.02 Å². The Bertz CT molecular complexity index is 1050. The summed E-state index contributed by atoms with van der Waals surface area (Å²) in [6.07, 6.45) is 2.73. The molecule has 5 heteroatoms. The summed E-state index contributed by atoms with van der Waals surface area (Å²) >= 11 is 5.98. The third kappa shape index (κ3) is 4.37. The Morgan fingerprint density at radius 1 is 1.37 bits per heavy atom. The minimum absolute atomic E-state index is 0.0640. The lowest BCUT2D eigenvalue weighted by molar-refractivity contribution is -0.112. The quantitative estimate of drug-likeness (QED) is 0.465. The number of rotatable bonds is 4. The fraction of sp³-hybridized carbons (Fsp3) is 0.360. The highest BCUT2D eigenvalue weighted by molar-refractivity contribution is 6.31. The zero-order valence-electron chi connectivity index (χ0n) is 18.2. The van der Waals surface area contributed by atoms with E-state index in [9.17, 15) is 10.1 Å². The van der Waals surface area contributed by atoms with Crippen LogP contribution in [0.15, 0.2) is 42.0 Å². The first kappa shape index (κ1) is 21.9. The van der Waals surface area contributed by atoms with Crippen molar-refractivity contribution in [2.45, 2.75) is 52.5 Å². The van der Waals surface area contributed by atoms with Crippen molar-refractivity contribution in [2.75, 3.05) is 16.8 Å². The van der Waals surface area contributed by atoms with Crippen LogP contribution in [0.5, 0.6) is 0 Å². The molecule has 4 nitrogen and oxygen atoms in total. The van der Waals surface area contributed by atoms with E-state index in [2.05, 4.69) is 50.0 Å². The maximum atomic E-state index is 12.7. The van der Waals surface area contributed by atoms with Crippen LogP contribution in [0.3, 0.4) is 0 Å². The molecule has 1 atom stereocenters. The number of nitrogens with one attached hydrogen (secondary N) is 1. The van der Waals surface area contributed by atoms with Gasteiger partial charge in [-0.3, -0.25) is 4.79 Å². The lowest BCUT2D eigenvalue weighted by Crippen LogP contribution is -2.48. The molecule has 2 aromatic carbocycles. The molecule has 1 unspecified atom stereocenters. The smallest absolute Gasteiger partial charge is 0.266 e. The highest BCUT2D eigenvalue weighted by Crippen LogP contribution is 2.44. The van der Waals surface area contributed by atoms with Crippen molar-refractivity contribution in [2.24, 2.45) is 0 Å². The number of nitriles is 1. The van der Waals surface area contributed by atoms with Crippen molar-refractivity contribution in [3.63, 3.8) is 0 Å². The highest BCUT2D eigenvalue weighted by Gasteiger charge is 2.35. The molecular weight excluding hydrogens is 394 g/mol. The average molecular weight is 422 g/mol. The second-order valence-electron chi connectivity index (χ2n) is 8.56. The number of anilines is 2. The van der Waals surface area contributed by atoms with E-state index < -0.39 is 5.91 Å². The standard InChI is InChI=1S/C25H28ClN3O/c1-6-29-23-10-16(2)18(12-22(23)17(3)14-25(29,4)5)11-19(15-27)24(30)28-21-9-7-8-20(26)13-21/h7-13,17H,6,14H2,1-5H3,(H,28,30)/b19-11+. The van der Waals surface area contributed by atoms with Gasteiger partial charge in [0.2, 0.25) is 0 Å². The summed E-state index contributed by atoms with van der Waals surface area (Å²) in [5, 5.41) is 12.9. The monoisotopic (exact) mass is 421 g/mol. The van der Waals surface area contributed by atoms with Crippen molar-refractivity contribution in [3.05, 3.63) is 63.7 Å². The summed E-state index contributed by atoms with van der Waals surface area (Å²) in [5.41, 5.74) is 5.17. The van der Waals surface area contributed by atoms with E-state index in [4.69, 9.17) is 11.6 Å². The molecule has 2 aromatic rings. The van der Waals surface area contributed by atoms with Gasteiger partial charge in [0, 0.05) is 28.5 Å². The van der Waals surface area contributed by atoms with Crippen LogP contribution >= 0.6 is 11.6 Å². The summed E-state index contributed by atoms with van der Waals surface area (Å²) < 4.78 is 0. The van der Waals surface area contributed by atoms with E-state index in [0.29, 0.717) is 16.6 Å². The van der Waals surface area contributed by atoms with Gasteiger partial charge in [-0.25, -0.2) is 0 Å². The van der Waals surface area contributed by atoms with Gasteiger partial charge in [-0.15, -0.1) is 0 Å². The maximum absolute atomic E-state index is 12.7. The highest BCUT2D eigenvalue weighted by atomic mass is 35.5. The Kier molecular flexibility index (Phi) is 6.24. The predicted molar refractivity (Wildman–Crippen MR) is 125 cm³/mol. The molecule has 0 aliphatic carbocycles. The summed E-state index contributed by atoms with van der Waals surface area (Å²) in [4.78, 5) is 15.1. The molecule has 0 radical (unpaired) electrons.